The maximum absolute atomic E-state index is 6.06. The first-order chi connectivity index (χ1) is 10.2. The van der Waals surface area contributed by atoms with E-state index < -0.39 is 0 Å². The van der Waals surface area contributed by atoms with Crippen LogP contribution in [0.4, 0.5) is 0 Å². The number of likely N-dealkylation sites (tertiary alicyclic amines) is 1. The molecule has 2 unspecified atom stereocenters. The maximum atomic E-state index is 6.06. The van der Waals surface area contributed by atoms with Crippen LogP contribution in [0, 0.1) is 5.92 Å². The molecule has 1 fully saturated rings. The lowest BCUT2D eigenvalue weighted by Gasteiger charge is -2.34. The highest BCUT2D eigenvalue weighted by Gasteiger charge is 2.22. The molecule has 1 aromatic heterocycles. The molecule has 21 heavy (non-hydrogen) atoms. The van der Waals surface area contributed by atoms with Crippen LogP contribution in [-0.2, 0) is 6.54 Å². The normalized spacial score (nSPS) is 21.3. The van der Waals surface area contributed by atoms with E-state index in [1.807, 2.05) is 29.1 Å². The summed E-state index contributed by atoms with van der Waals surface area (Å²) in [5.41, 5.74) is 8.43. The van der Waals surface area contributed by atoms with Crippen LogP contribution in [-0.4, -0.2) is 33.8 Å². The van der Waals surface area contributed by atoms with Crippen molar-refractivity contribution in [3.63, 3.8) is 0 Å². The van der Waals surface area contributed by atoms with Gasteiger partial charge in [-0.15, -0.1) is 0 Å². The van der Waals surface area contributed by atoms with Gasteiger partial charge in [0.1, 0.15) is 0 Å². The molecule has 3 rings (SSSR count). The van der Waals surface area contributed by atoms with Crippen molar-refractivity contribution in [1.29, 1.82) is 0 Å². The number of benzene rings is 1. The Hall–Kier alpha value is -1.65. The van der Waals surface area contributed by atoms with Crippen molar-refractivity contribution >= 4 is 0 Å². The van der Waals surface area contributed by atoms with Crippen LogP contribution >= 0.6 is 0 Å². The smallest absolute Gasteiger partial charge is 0.0645 e. The Bertz CT molecular complexity index is 561. The van der Waals surface area contributed by atoms with E-state index in [-0.39, 0.29) is 0 Å². The summed E-state index contributed by atoms with van der Waals surface area (Å²) in [6.07, 6.45) is 6.61. The topological polar surface area (TPSA) is 47.1 Å². The van der Waals surface area contributed by atoms with Crippen molar-refractivity contribution in [3.8, 4) is 5.69 Å². The molecule has 0 aliphatic carbocycles. The molecule has 0 bridgehead atoms. The van der Waals surface area contributed by atoms with Gasteiger partial charge < -0.3 is 5.73 Å². The molecule has 0 radical (unpaired) electrons. The Labute approximate surface area is 126 Å². The molecule has 4 nitrogen and oxygen atoms in total. The second kappa shape index (κ2) is 6.41. The standard InChI is InChI=1S/C17H24N4/c1-14(18)16-6-5-9-20(13-16)11-15-10-19-21(12-15)17-7-3-2-4-8-17/h2-4,7-8,10,12,14,16H,5-6,9,11,13,18H2,1H3. The van der Waals surface area contributed by atoms with Gasteiger partial charge in [0.25, 0.3) is 0 Å². The van der Waals surface area contributed by atoms with Crippen molar-refractivity contribution in [1.82, 2.24) is 14.7 Å². The monoisotopic (exact) mass is 284 g/mol. The Morgan fingerprint density at radius 1 is 1.33 bits per heavy atom. The Balaban J connectivity index is 1.65. The third kappa shape index (κ3) is 3.52. The molecule has 4 heteroatoms. The van der Waals surface area contributed by atoms with E-state index in [2.05, 4.69) is 35.3 Å². The minimum Gasteiger partial charge on any atom is -0.328 e. The summed E-state index contributed by atoms with van der Waals surface area (Å²) in [4.78, 5) is 2.50. The van der Waals surface area contributed by atoms with Crippen molar-refractivity contribution < 1.29 is 0 Å². The van der Waals surface area contributed by atoms with Gasteiger partial charge in [-0.25, -0.2) is 4.68 Å². The fourth-order valence-electron chi connectivity index (χ4n) is 3.09. The summed E-state index contributed by atoms with van der Waals surface area (Å²) in [5, 5.41) is 4.47. The molecule has 2 heterocycles. The van der Waals surface area contributed by atoms with Gasteiger partial charge in [0, 0.05) is 30.9 Å². The molecule has 1 aromatic carbocycles. The first-order valence-corrected chi connectivity index (χ1v) is 7.79. The summed E-state index contributed by atoms with van der Waals surface area (Å²) in [5.74, 6) is 0.628. The van der Waals surface area contributed by atoms with Crippen molar-refractivity contribution in [3.05, 3.63) is 48.3 Å². The van der Waals surface area contributed by atoms with Crippen molar-refractivity contribution in [2.24, 2.45) is 11.7 Å². The molecule has 1 saturated heterocycles. The predicted octanol–water partition coefficient (Wildman–Crippen LogP) is 2.43. The van der Waals surface area contributed by atoms with Crippen LogP contribution < -0.4 is 5.73 Å². The second-order valence-electron chi connectivity index (χ2n) is 6.13. The van der Waals surface area contributed by atoms with Crippen LogP contribution in [0.2, 0.25) is 0 Å². The zero-order valence-electron chi connectivity index (χ0n) is 12.7. The van der Waals surface area contributed by atoms with E-state index in [4.69, 9.17) is 5.73 Å². The van der Waals surface area contributed by atoms with E-state index in [0.29, 0.717) is 12.0 Å². The van der Waals surface area contributed by atoms with Crippen LogP contribution in [0.5, 0.6) is 0 Å². The van der Waals surface area contributed by atoms with Gasteiger partial charge in [-0.3, -0.25) is 4.90 Å². The summed E-state index contributed by atoms with van der Waals surface area (Å²) >= 11 is 0. The summed E-state index contributed by atoms with van der Waals surface area (Å²) in [6.45, 7) is 5.37. The number of nitrogens with two attached hydrogens (primary N) is 1. The molecular weight excluding hydrogens is 260 g/mol. The van der Waals surface area contributed by atoms with E-state index in [9.17, 15) is 0 Å². The third-order valence-electron chi connectivity index (χ3n) is 4.35. The quantitative estimate of drug-likeness (QED) is 0.938. The highest BCUT2D eigenvalue weighted by atomic mass is 15.3. The van der Waals surface area contributed by atoms with Gasteiger partial charge >= 0.3 is 0 Å². The van der Waals surface area contributed by atoms with Crippen molar-refractivity contribution in [2.45, 2.75) is 32.4 Å². The first-order valence-electron chi connectivity index (χ1n) is 7.79. The van der Waals surface area contributed by atoms with Gasteiger partial charge in [0.2, 0.25) is 0 Å². The lowest BCUT2D eigenvalue weighted by Crippen LogP contribution is -2.41. The van der Waals surface area contributed by atoms with Crippen LogP contribution in [0.1, 0.15) is 25.3 Å². The van der Waals surface area contributed by atoms with Crippen LogP contribution in [0.25, 0.3) is 5.69 Å². The molecule has 2 N–H and O–H groups in total. The van der Waals surface area contributed by atoms with Crippen LogP contribution in [0.3, 0.4) is 0 Å². The molecule has 112 valence electrons. The number of piperidine rings is 1. The third-order valence-corrected chi connectivity index (χ3v) is 4.35. The highest BCUT2D eigenvalue weighted by molar-refractivity contribution is 5.30. The molecule has 0 amide bonds. The first kappa shape index (κ1) is 14.3. The van der Waals surface area contributed by atoms with Gasteiger partial charge in [0.15, 0.2) is 0 Å². The molecule has 1 aliphatic rings. The Morgan fingerprint density at radius 2 is 2.14 bits per heavy atom. The summed E-state index contributed by atoms with van der Waals surface area (Å²) in [6, 6.07) is 10.5. The van der Waals surface area contributed by atoms with Gasteiger partial charge in [-0.05, 0) is 44.4 Å². The number of para-hydroxylation sites is 1. The van der Waals surface area contributed by atoms with E-state index in [1.54, 1.807) is 0 Å². The molecule has 2 atom stereocenters. The highest BCUT2D eigenvalue weighted by Crippen LogP contribution is 2.20. The summed E-state index contributed by atoms with van der Waals surface area (Å²) in [7, 11) is 0. The molecule has 0 saturated carbocycles. The number of nitrogens with zero attached hydrogens (tertiary/aromatic N) is 3. The van der Waals surface area contributed by atoms with Crippen LogP contribution in [0.15, 0.2) is 42.7 Å². The number of rotatable bonds is 4. The second-order valence-corrected chi connectivity index (χ2v) is 6.13. The molecule has 0 spiro atoms. The van der Waals surface area contributed by atoms with Gasteiger partial charge in [-0.2, -0.15) is 5.10 Å². The SMILES string of the molecule is CC(N)C1CCCN(Cc2cnn(-c3ccccc3)c2)C1. The maximum Gasteiger partial charge on any atom is 0.0645 e. The number of hydrogen-bond acceptors (Lipinski definition) is 3. The largest absolute Gasteiger partial charge is 0.328 e. The molecule has 2 aromatic rings. The minimum absolute atomic E-state index is 0.292. The lowest BCUT2D eigenvalue weighted by molar-refractivity contribution is 0.154. The van der Waals surface area contributed by atoms with E-state index in [1.165, 1.54) is 24.9 Å². The minimum atomic E-state index is 0.292. The molecular formula is C17H24N4. The zero-order valence-corrected chi connectivity index (χ0v) is 12.7. The van der Waals surface area contributed by atoms with E-state index >= 15 is 0 Å². The Morgan fingerprint density at radius 3 is 2.90 bits per heavy atom. The fourth-order valence-corrected chi connectivity index (χ4v) is 3.09. The average Bonchev–Trinajstić information content (AvgIpc) is 2.97. The zero-order chi connectivity index (χ0) is 14.7. The van der Waals surface area contributed by atoms with E-state index in [0.717, 1.165) is 18.8 Å². The van der Waals surface area contributed by atoms with Crippen molar-refractivity contribution in [2.75, 3.05) is 13.1 Å². The predicted molar refractivity (Wildman–Crippen MR) is 85.2 cm³/mol. The molecule has 1 aliphatic heterocycles. The van der Waals surface area contributed by atoms with Gasteiger partial charge in [0.05, 0.1) is 11.9 Å². The average molecular weight is 284 g/mol. The Kier molecular flexibility index (Phi) is 4.36. The lowest BCUT2D eigenvalue weighted by atomic mass is 9.92. The van der Waals surface area contributed by atoms with Gasteiger partial charge in [-0.1, -0.05) is 18.2 Å². The number of hydrogen-bond donors (Lipinski definition) is 1. The number of aromatic nitrogens is 2. The fraction of sp³-hybridized carbons (Fsp3) is 0.471. The summed E-state index contributed by atoms with van der Waals surface area (Å²) < 4.78 is 1.95.